The molecule has 1 aromatic rings. The van der Waals surface area contributed by atoms with E-state index in [1.54, 1.807) is 0 Å². The number of carbonyl (C=O) groups excluding carboxylic acids is 1. The molecule has 0 bridgehead atoms. The van der Waals surface area contributed by atoms with Crippen LogP contribution in [-0.2, 0) is 0 Å². The monoisotopic (exact) mass is 239 g/mol. The van der Waals surface area contributed by atoms with Gasteiger partial charge in [-0.1, -0.05) is 11.6 Å². The molecule has 0 radical (unpaired) electrons. The molecule has 0 aliphatic carbocycles. The second-order valence-corrected chi connectivity index (χ2v) is 3.60. The van der Waals surface area contributed by atoms with Gasteiger partial charge in [-0.15, -0.1) is 12.3 Å². The quantitative estimate of drug-likeness (QED) is 0.635. The molecule has 0 saturated carbocycles. The van der Waals surface area contributed by atoms with Crippen LogP contribution in [0.25, 0.3) is 0 Å². The molecule has 84 valence electrons. The van der Waals surface area contributed by atoms with Crippen LogP contribution in [0.15, 0.2) is 18.2 Å². The fourth-order valence-corrected chi connectivity index (χ4v) is 1.25. The summed E-state index contributed by atoms with van der Waals surface area (Å²) in [6.45, 7) is 0.479. The van der Waals surface area contributed by atoms with E-state index in [4.69, 9.17) is 18.0 Å². The van der Waals surface area contributed by atoms with Crippen LogP contribution in [0, 0.1) is 18.2 Å². The van der Waals surface area contributed by atoms with Crippen molar-refractivity contribution in [2.24, 2.45) is 0 Å². The average molecular weight is 240 g/mol. The Morgan fingerprint density at radius 3 is 2.94 bits per heavy atom. The fourth-order valence-electron chi connectivity index (χ4n) is 1.13. The summed E-state index contributed by atoms with van der Waals surface area (Å²) in [6, 6.07) is 3.94. The molecule has 0 heterocycles. The zero-order valence-electron chi connectivity index (χ0n) is 8.59. The Morgan fingerprint density at radius 2 is 2.31 bits per heavy atom. The minimum absolute atomic E-state index is 0.00359. The van der Waals surface area contributed by atoms with Crippen LogP contribution in [0.2, 0.25) is 5.02 Å². The van der Waals surface area contributed by atoms with Crippen LogP contribution in [0.1, 0.15) is 23.2 Å². The topological polar surface area (TPSA) is 29.1 Å². The summed E-state index contributed by atoms with van der Waals surface area (Å²) >= 11 is 5.50. The molecule has 0 unspecified atom stereocenters. The highest BCUT2D eigenvalue weighted by molar-refractivity contribution is 6.30. The van der Waals surface area contributed by atoms with Crippen LogP contribution in [0.3, 0.4) is 0 Å². The molecule has 0 atom stereocenters. The summed E-state index contributed by atoms with van der Waals surface area (Å²) < 4.78 is 13.0. The van der Waals surface area contributed by atoms with E-state index in [-0.39, 0.29) is 16.5 Å². The standard InChI is InChI=1S/C12H11ClFNO/c1-2-3-4-7-15-12(16)9-5-6-10(13)11(14)8-9/h1,5-6,8H,3-4,7H2,(H,15,16). The van der Waals surface area contributed by atoms with E-state index in [0.29, 0.717) is 19.4 Å². The Labute approximate surface area is 98.8 Å². The van der Waals surface area contributed by atoms with Gasteiger partial charge < -0.3 is 5.32 Å². The number of hydrogen-bond acceptors (Lipinski definition) is 1. The number of halogens is 2. The highest BCUT2D eigenvalue weighted by Crippen LogP contribution is 2.15. The zero-order chi connectivity index (χ0) is 12.0. The lowest BCUT2D eigenvalue weighted by Gasteiger charge is -2.04. The highest BCUT2D eigenvalue weighted by atomic mass is 35.5. The van der Waals surface area contributed by atoms with Gasteiger partial charge in [0.15, 0.2) is 0 Å². The molecule has 1 rings (SSSR count). The number of hydrogen-bond donors (Lipinski definition) is 1. The van der Waals surface area contributed by atoms with Crippen molar-refractivity contribution in [2.45, 2.75) is 12.8 Å². The molecule has 16 heavy (non-hydrogen) atoms. The number of carbonyl (C=O) groups is 1. The van der Waals surface area contributed by atoms with Crippen molar-refractivity contribution in [1.29, 1.82) is 0 Å². The molecule has 1 aromatic carbocycles. The summed E-state index contributed by atoms with van der Waals surface area (Å²) in [5.41, 5.74) is 0.252. The van der Waals surface area contributed by atoms with Crippen molar-refractivity contribution >= 4 is 17.5 Å². The lowest BCUT2D eigenvalue weighted by atomic mass is 10.2. The van der Waals surface area contributed by atoms with E-state index in [0.717, 1.165) is 6.07 Å². The normalized spacial score (nSPS) is 9.56. The maximum absolute atomic E-state index is 13.0. The van der Waals surface area contributed by atoms with Crippen LogP contribution in [-0.4, -0.2) is 12.5 Å². The van der Waals surface area contributed by atoms with Crippen molar-refractivity contribution < 1.29 is 9.18 Å². The first-order valence-electron chi connectivity index (χ1n) is 4.82. The molecule has 0 aliphatic rings. The fraction of sp³-hybridized carbons (Fsp3) is 0.250. The Bertz CT molecular complexity index is 426. The maximum Gasteiger partial charge on any atom is 0.251 e. The highest BCUT2D eigenvalue weighted by Gasteiger charge is 2.07. The molecule has 4 heteroatoms. The van der Waals surface area contributed by atoms with Gasteiger partial charge in [-0.2, -0.15) is 0 Å². The van der Waals surface area contributed by atoms with Gasteiger partial charge in [0.05, 0.1) is 5.02 Å². The first-order chi connectivity index (χ1) is 7.65. The van der Waals surface area contributed by atoms with Crippen molar-refractivity contribution in [2.75, 3.05) is 6.54 Å². The van der Waals surface area contributed by atoms with Gasteiger partial charge in [-0.25, -0.2) is 4.39 Å². The largest absolute Gasteiger partial charge is 0.352 e. The third-order valence-corrected chi connectivity index (χ3v) is 2.27. The predicted octanol–water partition coefficient (Wildman–Crippen LogP) is 2.62. The molecule has 0 aromatic heterocycles. The predicted molar refractivity (Wildman–Crippen MR) is 61.8 cm³/mol. The number of amides is 1. The Morgan fingerprint density at radius 1 is 1.56 bits per heavy atom. The third kappa shape index (κ3) is 3.56. The van der Waals surface area contributed by atoms with E-state index in [1.165, 1.54) is 12.1 Å². The van der Waals surface area contributed by atoms with Crippen LogP contribution in [0.5, 0.6) is 0 Å². The van der Waals surface area contributed by atoms with E-state index in [9.17, 15) is 9.18 Å². The van der Waals surface area contributed by atoms with Gasteiger partial charge in [0, 0.05) is 18.5 Å². The Kier molecular flexibility index (Phi) is 4.81. The number of unbranched alkanes of at least 4 members (excludes halogenated alkanes) is 1. The maximum atomic E-state index is 13.0. The van der Waals surface area contributed by atoms with E-state index >= 15 is 0 Å². The summed E-state index contributed by atoms with van der Waals surface area (Å²) in [5.74, 6) is 1.54. The third-order valence-electron chi connectivity index (χ3n) is 1.97. The summed E-state index contributed by atoms with van der Waals surface area (Å²) in [4.78, 5) is 11.5. The second kappa shape index (κ2) is 6.14. The van der Waals surface area contributed by atoms with Gasteiger partial charge in [-0.05, 0) is 24.6 Å². The first kappa shape index (κ1) is 12.5. The smallest absolute Gasteiger partial charge is 0.251 e. The second-order valence-electron chi connectivity index (χ2n) is 3.19. The van der Waals surface area contributed by atoms with E-state index < -0.39 is 5.82 Å². The first-order valence-corrected chi connectivity index (χ1v) is 5.19. The Balaban J connectivity index is 2.53. The lowest BCUT2D eigenvalue weighted by Crippen LogP contribution is -2.24. The SMILES string of the molecule is C#CCCCNC(=O)c1ccc(Cl)c(F)c1. The summed E-state index contributed by atoms with van der Waals surface area (Å²) in [6.07, 6.45) is 6.38. The molecule has 0 fully saturated rings. The van der Waals surface area contributed by atoms with Crippen molar-refractivity contribution in [3.63, 3.8) is 0 Å². The number of benzene rings is 1. The van der Waals surface area contributed by atoms with Crippen LogP contribution in [0.4, 0.5) is 4.39 Å². The lowest BCUT2D eigenvalue weighted by molar-refractivity contribution is 0.0953. The van der Waals surface area contributed by atoms with Gasteiger partial charge >= 0.3 is 0 Å². The van der Waals surface area contributed by atoms with Gasteiger partial charge in [-0.3, -0.25) is 4.79 Å². The number of nitrogens with one attached hydrogen (secondary N) is 1. The van der Waals surface area contributed by atoms with Gasteiger partial charge in [0.1, 0.15) is 5.82 Å². The van der Waals surface area contributed by atoms with Crippen LogP contribution >= 0.6 is 11.6 Å². The average Bonchev–Trinajstić information content (AvgIpc) is 2.28. The van der Waals surface area contributed by atoms with E-state index in [1.807, 2.05) is 0 Å². The molecular formula is C12H11ClFNO. The van der Waals surface area contributed by atoms with Crippen molar-refractivity contribution in [3.05, 3.63) is 34.6 Å². The number of rotatable bonds is 4. The minimum Gasteiger partial charge on any atom is -0.352 e. The van der Waals surface area contributed by atoms with E-state index in [2.05, 4.69) is 11.2 Å². The molecule has 0 aliphatic heterocycles. The molecule has 1 N–H and O–H groups in total. The molecule has 1 amide bonds. The Hall–Kier alpha value is -1.53. The zero-order valence-corrected chi connectivity index (χ0v) is 9.35. The molecule has 2 nitrogen and oxygen atoms in total. The minimum atomic E-state index is -0.599. The van der Waals surface area contributed by atoms with Gasteiger partial charge in [0.2, 0.25) is 0 Å². The molecular weight excluding hydrogens is 229 g/mol. The summed E-state index contributed by atoms with van der Waals surface area (Å²) in [5, 5.41) is 2.64. The molecule has 0 spiro atoms. The van der Waals surface area contributed by atoms with Crippen molar-refractivity contribution in [1.82, 2.24) is 5.32 Å². The number of terminal acetylenes is 1. The van der Waals surface area contributed by atoms with Gasteiger partial charge in [0.25, 0.3) is 5.91 Å². The molecule has 0 saturated heterocycles. The van der Waals surface area contributed by atoms with Crippen LogP contribution < -0.4 is 5.32 Å². The summed E-state index contributed by atoms with van der Waals surface area (Å²) in [7, 11) is 0. The van der Waals surface area contributed by atoms with Crippen molar-refractivity contribution in [3.8, 4) is 12.3 Å².